The van der Waals surface area contributed by atoms with Crippen molar-refractivity contribution in [1.82, 2.24) is 4.98 Å². The Morgan fingerprint density at radius 1 is 1.07 bits per heavy atom. The van der Waals surface area contributed by atoms with Crippen molar-refractivity contribution in [2.45, 2.75) is 12.2 Å². The Morgan fingerprint density at radius 3 is 2.52 bits per heavy atom. The number of hydrogen-bond donors (Lipinski definition) is 1. The predicted molar refractivity (Wildman–Crippen MR) is 107 cm³/mol. The number of pyridine rings is 1. The summed E-state index contributed by atoms with van der Waals surface area (Å²) >= 11 is 0. The van der Waals surface area contributed by atoms with E-state index < -0.39 is 11.6 Å². The van der Waals surface area contributed by atoms with Crippen LogP contribution in [0, 0.1) is 0 Å². The number of ether oxygens (including phenoxy) is 3. The summed E-state index contributed by atoms with van der Waals surface area (Å²) in [6.45, 7) is 0.787. The molecular formula is C23H21NO5. The summed E-state index contributed by atoms with van der Waals surface area (Å²) in [5.41, 5.74) is 3.42. The molecule has 2 heterocycles. The number of carboxylic acid groups (broad SMARTS) is 1. The highest BCUT2D eigenvalue weighted by Gasteiger charge is 2.42. The Balaban J connectivity index is 1.40. The molecule has 29 heavy (non-hydrogen) atoms. The van der Waals surface area contributed by atoms with Crippen molar-refractivity contribution in [3.05, 3.63) is 84.2 Å². The molecule has 3 aromatic rings. The molecule has 0 unspecified atom stereocenters. The van der Waals surface area contributed by atoms with E-state index in [2.05, 4.69) is 11.1 Å². The number of aromatic nitrogens is 1. The van der Waals surface area contributed by atoms with Crippen LogP contribution in [-0.4, -0.2) is 35.9 Å². The van der Waals surface area contributed by atoms with E-state index in [1.165, 1.54) is 0 Å². The largest absolute Gasteiger partial charge is 0.489 e. The predicted octanol–water partition coefficient (Wildman–Crippen LogP) is 3.65. The summed E-state index contributed by atoms with van der Waals surface area (Å²) < 4.78 is 16.7. The van der Waals surface area contributed by atoms with Crippen LogP contribution in [0.1, 0.15) is 11.1 Å². The van der Waals surface area contributed by atoms with E-state index >= 15 is 0 Å². The Labute approximate surface area is 168 Å². The van der Waals surface area contributed by atoms with Crippen molar-refractivity contribution >= 4 is 5.97 Å². The Kier molecular flexibility index (Phi) is 5.55. The maximum atomic E-state index is 10.8. The first-order chi connectivity index (χ1) is 14.1. The third kappa shape index (κ3) is 4.45. The SMILES string of the molecule is O=C(O)COC1(c2ccc(OCc3cccc(-c4cccnc4)c3)cc2)COC1. The second-order valence-electron chi connectivity index (χ2n) is 6.92. The van der Waals surface area contributed by atoms with Crippen LogP contribution in [0.2, 0.25) is 0 Å². The monoisotopic (exact) mass is 391 g/mol. The summed E-state index contributed by atoms with van der Waals surface area (Å²) in [5, 5.41) is 8.87. The Morgan fingerprint density at radius 2 is 1.86 bits per heavy atom. The fraction of sp³-hybridized carbons (Fsp3) is 0.217. The molecule has 0 bridgehead atoms. The summed E-state index contributed by atoms with van der Waals surface area (Å²) in [5.74, 6) is -0.265. The van der Waals surface area contributed by atoms with E-state index in [4.69, 9.17) is 19.3 Å². The van der Waals surface area contributed by atoms with Gasteiger partial charge in [-0.05, 0) is 46.5 Å². The number of nitrogens with zero attached hydrogens (tertiary/aromatic N) is 1. The molecule has 1 aliphatic rings. The second kappa shape index (κ2) is 8.43. The minimum Gasteiger partial charge on any atom is -0.489 e. The topological polar surface area (TPSA) is 77.9 Å². The van der Waals surface area contributed by atoms with E-state index in [1.54, 1.807) is 6.20 Å². The Bertz CT molecular complexity index is 968. The molecule has 1 fully saturated rings. The molecule has 0 radical (unpaired) electrons. The lowest BCUT2D eigenvalue weighted by Crippen LogP contribution is -2.49. The van der Waals surface area contributed by atoms with Crippen molar-refractivity contribution in [1.29, 1.82) is 0 Å². The molecule has 0 spiro atoms. The van der Waals surface area contributed by atoms with E-state index in [-0.39, 0.29) is 6.61 Å². The highest BCUT2D eigenvalue weighted by atomic mass is 16.6. The number of carboxylic acids is 1. The molecule has 1 aliphatic heterocycles. The zero-order valence-electron chi connectivity index (χ0n) is 15.8. The van der Waals surface area contributed by atoms with Gasteiger partial charge in [-0.2, -0.15) is 0 Å². The highest BCUT2D eigenvalue weighted by molar-refractivity contribution is 5.68. The number of benzene rings is 2. The zero-order valence-corrected chi connectivity index (χ0v) is 15.8. The quantitative estimate of drug-likeness (QED) is 0.632. The lowest BCUT2D eigenvalue weighted by atomic mass is 9.91. The van der Waals surface area contributed by atoms with Crippen LogP contribution in [0.25, 0.3) is 11.1 Å². The van der Waals surface area contributed by atoms with E-state index in [1.807, 2.05) is 60.8 Å². The van der Waals surface area contributed by atoms with Gasteiger partial charge < -0.3 is 19.3 Å². The fourth-order valence-electron chi connectivity index (χ4n) is 3.22. The number of rotatable bonds is 8. The van der Waals surface area contributed by atoms with Crippen molar-refractivity contribution in [2.24, 2.45) is 0 Å². The van der Waals surface area contributed by atoms with E-state index in [0.29, 0.717) is 19.8 Å². The van der Waals surface area contributed by atoms with Gasteiger partial charge in [-0.3, -0.25) is 4.98 Å². The third-order valence-electron chi connectivity index (χ3n) is 4.85. The molecule has 148 valence electrons. The van der Waals surface area contributed by atoms with Crippen LogP contribution in [0.5, 0.6) is 5.75 Å². The summed E-state index contributed by atoms with van der Waals surface area (Å²) in [7, 11) is 0. The smallest absolute Gasteiger partial charge is 0.329 e. The van der Waals surface area contributed by atoms with Crippen molar-refractivity contribution in [3.63, 3.8) is 0 Å². The molecule has 1 N–H and O–H groups in total. The Hall–Kier alpha value is -3.22. The van der Waals surface area contributed by atoms with Gasteiger partial charge in [0, 0.05) is 12.4 Å². The molecule has 0 amide bonds. The van der Waals surface area contributed by atoms with Crippen LogP contribution < -0.4 is 4.74 Å². The summed E-state index contributed by atoms with van der Waals surface area (Å²) in [6, 6.07) is 19.6. The summed E-state index contributed by atoms with van der Waals surface area (Å²) in [4.78, 5) is 15.0. The molecule has 1 saturated heterocycles. The normalized spacial score (nSPS) is 14.8. The van der Waals surface area contributed by atoms with Gasteiger partial charge in [0.15, 0.2) is 0 Å². The number of aliphatic carboxylic acids is 1. The van der Waals surface area contributed by atoms with Gasteiger partial charge in [-0.15, -0.1) is 0 Å². The van der Waals surface area contributed by atoms with E-state index in [9.17, 15) is 4.79 Å². The first-order valence-corrected chi connectivity index (χ1v) is 9.31. The van der Waals surface area contributed by atoms with Crippen LogP contribution in [0.4, 0.5) is 0 Å². The molecule has 0 aliphatic carbocycles. The van der Waals surface area contributed by atoms with Gasteiger partial charge in [0.05, 0.1) is 13.2 Å². The lowest BCUT2D eigenvalue weighted by molar-refractivity contribution is -0.220. The van der Waals surface area contributed by atoms with Crippen molar-refractivity contribution < 1.29 is 24.1 Å². The van der Waals surface area contributed by atoms with Gasteiger partial charge in [0.25, 0.3) is 0 Å². The molecule has 1 aromatic heterocycles. The van der Waals surface area contributed by atoms with Crippen LogP contribution in [0.15, 0.2) is 73.1 Å². The van der Waals surface area contributed by atoms with Gasteiger partial charge in [-0.1, -0.05) is 36.4 Å². The molecular weight excluding hydrogens is 370 g/mol. The lowest BCUT2D eigenvalue weighted by Gasteiger charge is -2.41. The first kappa shape index (κ1) is 19.1. The van der Waals surface area contributed by atoms with Gasteiger partial charge in [-0.25, -0.2) is 4.79 Å². The van der Waals surface area contributed by atoms with Gasteiger partial charge in [0.2, 0.25) is 0 Å². The van der Waals surface area contributed by atoms with Crippen LogP contribution in [0.3, 0.4) is 0 Å². The van der Waals surface area contributed by atoms with Crippen LogP contribution in [-0.2, 0) is 26.5 Å². The molecule has 6 nitrogen and oxygen atoms in total. The molecule has 2 aromatic carbocycles. The van der Waals surface area contributed by atoms with Gasteiger partial charge in [0.1, 0.15) is 24.6 Å². The van der Waals surface area contributed by atoms with Crippen molar-refractivity contribution in [3.8, 4) is 16.9 Å². The molecule has 4 rings (SSSR count). The fourth-order valence-corrected chi connectivity index (χ4v) is 3.22. The molecule has 0 saturated carbocycles. The second-order valence-corrected chi connectivity index (χ2v) is 6.92. The third-order valence-corrected chi connectivity index (χ3v) is 4.85. The number of hydrogen-bond acceptors (Lipinski definition) is 5. The average molecular weight is 391 g/mol. The maximum absolute atomic E-state index is 10.8. The maximum Gasteiger partial charge on any atom is 0.329 e. The minimum absolute atomic E-state index is 0.349. The number of carbonyl (C=O) groups is 1. The van der Waals surface area contributed by atoms with Crippen LogP contribution >= 0.6 is 0 Å². The summed E-state index contributed by atoms with van der Waals surface area (Å²) in [6.07, 6.45) is 3.60. The van der Waals surface area contributed by atoms with Gasteiger partial charge >= 0.3 is 5.97 Å². The van der Waals surface area contributed by atoms with Crippen molar-refractivity contribution in [2.75, 3.05) is 19.8 Å². The molecule has 6 heteroatoms. The average Bonchev–Trinajstić information content (AvgIpc) is 2.73. The first-order valence-electron chi connectivity index (χ1n) is 9.31. The highest BCUT2D eigenvalue weighted by Crippen LogP contribution is 2.34. The van der Waals surface area contributed by atoms with E-state index in [0.717, 1.165) is 28.0 Å². The standard InChI is InChI=1S/C23H21NO5/c25-22(26)14-29-23(15-27-16-23)20-6-8-21(9-7-20)28-13-17-3-1-4-18(11-17)19-5-2-10-24-12-19/h1-12H,13-16H2,(H,25,26). The minimum atomic E-state index is -0.996. The molecule has 0 atom stereocenters. The zero-order chi connectivity index (χ0) is 20.1.